The van der Waals surface area contributed by atoms with E-state index in [-0.39, 0.29) is 11.7 Å². The number of carboxylic acid groups (broad SMARTS) is 1. The second kappa shape index (κ2) is 5.33. The van der Waals surface area contributed by atoms with E-state index in [2.05, 4.69) is 4.90 Å². The molecule has 0 spiro atoms. The van der Waals surface area contributed by atoms with E-state index in [0.717, 1.165) is 6.54 Å². The molecule has 0 saturated carbocycles. The zero-order valence-corrected chi connectivity index (χ0v) is 10.4. The van der Waals surface area contributed by atoms with Gasteiger partial charge in [0, 0.05) is 19.2 Å². The first-order valence-electron chi connectivity index (χ1n) is 5.81. The molecule has 0 aromatic heterocycles. The highest BCUT2D eigenvalue weighted by Gasteiger charge is 2.25. The van der Waals surface area contributed by atoms with Crippen LogP contribution in [0, 0.1) is 10.1 Å². The number of carbonyl (C=O) groups is 1. The summed E-state index contributed by atoms with van der Waals surface area (Å²) in [5, 5.41) is 19.8. The van der Waals surface area contributed by atoms with E-state index in [9.17, 15) is 14.9 Å². The summed E-state index contributed by atoms with van der Waals surface area (Å²) in [7, 11) is 1.94. The molecule has 7 heteroatoms. The fourth-order valence-electron chi connectivity index (χ4n) is 2.06. The Morgan fingerprint density at radius 2 is 2.32 bits per heavy atom. The van der Waals surface area contributed by atoms with Crippen LogP contribution in [0.15, 0.2) is 18.2 Å². The lowest BCUT2D eigenvalue weighted by Crippen LogP contribution is -2.35. The third-order valence-corrected chi connectivity index (χ3v) is 3.09. The lowest BCUT2D eigenvalue weighted by Gasteiger charge is -2.30. The Bertz CT molecular complexity index is 517. The molecule has 1 unspecified atom stereocenters. The van der Waals surface area contributed by atoms with Crippen LogP contribution in [0.4, 0.5) is 5.69 Å². The molecule has 1 aliphatic rings. The van der Waals surface area contributed by atoms with Crippen molar-refractivity contribution in [1.82, 2.24) is 4.90 Å². The molecule has 0 radical (unpaired) electrons. The molecule has 19 heavy (non-hydrogen) atoms. The second-order valence-electron chi connectivity index (χ2n) is 4.46. The van der Waals surface area contributed by atoms with Gasteiger partial charge in [-0.15, -0.1) is 0 Å². The number of likely N-dealkylation sites (N-methyl/N-ethyl adjacent to an activating group) is 1. The average molecular weight is 266 g/mol. The zero-order chi connectivity index (χ0) is 14.0. The van der Waals surface area contributed by atoms with Crippen molar-refractivity contribution in [2.75, 3.05) is 26.7 Å². The van der Waals surface area contributed by atoms with Crippen LogP contribution >= 0.6 is 0 Å². The third kappa shape index (κ3) is 2.88. The Morgan fingerprint density at radius 1 is 1.58 bits per heavy atom. The number of nitro groups is 1. The Hall–Kier alpha value is -1.99. The topological polar surface area (TPSA) is 92.9 Å². The fourth-order valence-corrected chi connectivity index (χ4v) is 2.06. The summed E-state index contributed by atoms with van der Waals surface area (Å²) in [6.45, 7) is 2.01. The summed E-state index contributed by atoms with van der Waals surface area (Å²) in [5.74, 6) is -1.31. The van der Waals surface area contributed by atoms with Crippen molar-refractivity contribution in [1.29, 1.82) is 0 Å². The minimum atomic E-state index is -1.31. The smallest absolute Gasteiger partial charge is 0.342 e. The van der Waals surface area contributed by atoms with Gasteiger partial charge in [0.2, 0.25) is 0 Å². The summed E-state index contributed by atoms with van der Waals surface area (Å²) < 4.78 is 5.57. The van der Waals surface area contributed by atoms with Crippen LogP contribution in [0.2, 0.25) is 0 Å². The molecule has 0 bridgehead atoms. The van der Waals surface area contributed by atoms with Gasteiger partial charge >= 0.3 is 5.97 Å². The molecule has 1 aromatic rings. The number of nitrogens with zero attached hydrogens (tertiary/aromatic N) is 2. The standard InChI is InChI=1S/C12H14N2O5/c1-13-4-5-19-11(7-13)8-2-3-10(14(17)18)9(6-8)12(15)16/h2-3,6,11H,4-5,7H2,1H3,(H,15,16). The molecule has 2 rings (SSSR count). The highest BCUT2D eigenvalue weighted by Crippen LogP contribution is 2.27. The fraction of sp³-hybridized carbons (Fsp3) is 0.417. The number of benzene rings is 1. The van der Waals surface area contributed by atoms with Gasteiger partial charge in [-0.05, 0) is 24.7 Å². The number of hydrogen-bond donors (Lipinski definition) is 1. The van der Waals surface area contributed by atoms with E-state index >= 15 is 0 Å². The number of carboxylic acids is 1. The highest BCUT2D eigenvalue weighted by atomic mass is 16.6. The lowest BCUT2D eigenvalue weighted by atomic mass is 10.0. The van der Waals surface area contributed by atoms with Crippen molar-refractivity contribution in [2.24, 2.45) is 0 Å². The molecule has 1 fully saturated rings. The molecule has 102 valence electrons. The Kier molecular flexibility index (Phi) is 3.77. The molecular formula is C12H14N2O5. The normalized spacial score (nSPS) is 20.2. The van der Waals surface area contributed by atoms with Crippen LogP contribution in [0.3, 0.4) is 0 Å². The first-order chi connectivity index (χ1) is 8.99. The van der Waals surface area contributed by atoms with Gasteiger partial charge < -0.3 is 14.7 Å². The Balaban J connectivity index is 2.35. The Morgan fingerprint density at radius 3 is 2.89 bits per heavy atom. The van der Waals surface area contributed by atoms with Crippen molar-refractivity contribution in [3.8, 4) is 0 Å². The van der Waals surface area contributed by atoms with E-state index in [1.807, 2.05) is 7.05 Å². The summed E-state index contributed by atoms with van der Waals surface area (Å²) in [6.07, 6.45) is -0.252. The molecule has 0 aliphatic carbocycles. The minimum absolute atomic E-state index is 0.252. The van der Waals surface area contributed by atoms with E-state index in [1.54, 1.807) is 6.07 Å². The zero-order valence-electron chi connectivity index (χ0n) is 10.4. The van der Waals surface area contributed by atoms with E-state index in [1.165, 1.54) is 12.1 Å². The molecule has 0 amide bonds. The van der Waals surface area contributed by atoms with Crippen molar-refractivity contribution < 1.29 is 19.6 Å². The van der Waals surface area contributed by atoms with Gasteiger partial charge in [-0.3, -0.25) is 10.1 Å². The van der Waals surface area contributed by atoms with Crippen molar-refractivity contribution in [3.63, 3.8) is 0 Å². The van der Waals surface area contributed by atoms with E-state index < -0.39 is 16.6 Å². The second-order valence-corrected chi connectivity index (χ2v) is 4.46. The molecular weight excluding hydrogens is 252 g/mol. The monoisotopic (exact) mass is 266 g/mol. The minimum Gasteiger partial charge on any atom is -0.477 e. The summed E-state index contributed by atoms with van der Waals surface area (Å²) in [5.41, 5.74) is -0.0608. The average Bonchev–Trinajstić information content (AvgIpc) is 2.37. The van der Waals surface area contributed by atoms with Crippen molar-refractivity contribution >= 4 is 11.7 Å². The van der Waals surface area contributed by atoms with Crippen LogP contribution in [0.1, 0.15) is 22.0 Å². The quantitative estimate of drug-likeness (QED) is 0.654. The van der Waals surface area contributed by atoms with E-state index in [4.69, 9.17) is 9.84 Å². The van der Waals surface area contributed by atoms with Gasteiger partial charge in [-0.25, -0.2) is 4.79 Å². The predicted octanol–water partition coefficient (Wildman–Crippen LogP) is 1.30. The SMILES string of the molecule is CN1CCOC(c2ccc([N+](=O)[O-])c(C(=O)O)c2)C1. The maximum absolute atomic E-state index is 11.1. The maximum Gasteiger partial charge on any atom is 0.342 e. The van der Waals surface area contributed by atoms with Crippen LogP contribution in [-0.2, 0) is 4.74 Å². The van der Waals surface area contributed by atoms with Crippen LogP contribution < -0.4 is 0 Å². The summed E-state index contributed by atoms with van der Waals surface area (Å²) >= 11 is 0. The Labute approximate surface area is 109 Å². The van der Waals surface area contributed by atoms with Crippen LogP contribution in [-0.4, -0.2) is 47.6 Å². The van der Waals surface area contributed by atoms with Crippen molar-refractivity contribution in [3.05, 3.63) is 39.4 Å². The maximum atomic E-state index is 11.1. The van der Waals surface area contributed by atoms with Gasteiger partial charge in [0.25, 0.3) is 5.69 Å². The predicted molar refractivity (Wildman–Crippen MR) is 66.2 cm³/mol. The molecule has 1 N–H and O–H groups in total. The molecule has 1 aromatic carbocycles. The first-order valence-corrected chi connectivity index (χ1v) is 5.81. The highest BCUT2D eigenvalue weighted by molar-refractivity contribution is 5.92. The number of ether oxygens (including phenoxy) is 1. The molecule has 7 nitrogen and oxygen atoms in total. The van der Waals surface area contributed by atoms with Gasteiger partial charge in [-0.1, -0.05) is 0 Å². The van der Waals surface area contributed by atoms with Gasteiger partial charge in [-0.2, -0.15) is 0 Å². The molecule has 1 saturated heterocycles. The molecule has 1 aliphatic heterocycles. The number of nitro benzene ring substituents is 1. The summed E-state index contributed by atoms with van der Waals surface area (Å²) in [6, 6.07) is 4.09. The van der Waals surface area contributed by atoms with Crippen molar-refractivity contribution in [2.45, 2.75) is 6.10 Å². The molecule has 1 heterocycles. The number of rotatable bonds is 3. The van der Waals surface area contributed by atoms with E-state index in [0.29, 0.717) is 18.7 Å². The number of hydrogen-bond acceptors (Lipinski definition) is 5. The largest absolute Gasteiger partial charge is 0.477 e. The third-order valence-electron chi connectivity index (χ3n) is 3.09. The molecule has 1 atom stereocenters. The van der Waals surface area contributed by atoms with Gasteiger partial charge in [0.1, 0.15) is 5.56 Å². The number of aromatic carboxylic acids is 1. The number of morpholine rings is 1. The first kappa shape index (κ1) is 13.4. The summed E-state index contributed by atoms with van der Waals surface area (Å²) in [4.78, 5) is 23.2. The van der Waals surface area contributed by atoms with Crippen LogP contribution in [0.25, 0.3) is 0 Å². The lowest BCUT2D eigenvalue weighted by molar-refractivity contribution is -0.385. The van der Waals surface area contributed by atoms with Gasteiger partial charge in [0.15, 0.2) is 0 Å². The van der Waals surface area contributed by atoms with Gasteiger partial charge in [0.05, 0.1) is 17.6 Å². The van der Waals surface area contributed by atoms with Crippen LogP contribution in [0.5, 0.6) is 0 Å².